The molecule has 1 aromatic carbocycles. The third-order valence-corrected chi connectivity index (χ3v) is 3.89. The molecule has 3 aromatic rings. The van der Waals surface area contributed by atoms with Gasteiger partial charge in [0.15, 0.2) is 11.5 Å². The molecule has 8 heteroatoms. The summed E-state index contributed by atoms with van der Waals surface area (Å²) in [4.78, 5) is 24.8. The predicted molar refractivity (Wildman–Crippen MR) is 99.0 cm³/mol. The quantitative estimate of drug-likeness (QED) is 0.719. The van der Waals surface area contributed by atoms with Crippen LogP contribution in [0.3, 0.4) is 0 Å². The van der Waals surface area contributed by atoms with E-state index in [-0.39, 0.29) is 5.91 Å². The van der Waals surface area contributed by atoms with Gasteiger partial charge in [0.05, 0.1) is 5.56 Å². The van der Waals surface area contributed by atoms with Crippen LogP contribution >= 0.6 is 0 Å². The number of pyridine rings is 1. The normalized spacial score (nSPS) is 12.3. The summed E-state index contributed by atoms with van der Waals surface area (Å²) in [6.45, 7) is 1.57. The summed E-state index contributed by atoms with van der Waals surface area (Å²) in [6, 6.07) is 9.08. The van der Waals surface area contributed by atoms with Gasteiger partial charge < -0.3 is 20.1 Å². The monoisotopic (exact) mass is 363 g/mol. The summed E-state index contributed by atoms with van der Waals surface area (Å²) in [7, 11) is 0. The van der Waals surface area contributed by atoms with Crippen molar-refractivity contribution in [3.05, 3.63) is 66.2 Å². The largest absolute Gasteiger partial charge is 0.486 e. The molecule has 0 aliphatic carbocycles. The van der Waals surface area contributed by atoms with Crippen molar-refractivity contribution in [3.63, 3.8) is 0 Å². The molecule has 0 fully saturated rings. The lowest BCUT2D eigenvalue weighted by Crippen LogP contribution is -2.16. The first-order chi connectivity index (χ1) is 13.3. The molecule has 0 bridgehead atoms. The van der Waals surface area contributed by atoms with Crippen molar-refractivity contribution >= 4 is 17.5 Å². The number of hydrogen-bond donors (Lipinski definition) is 2. The van der Waals surface area contributed by atoms with Gasteiger partial charge in [0.25, 0.3) is 5.91 Å². The molecule has 27 heavy (non-hydrogen) atoms. The number of aromatic nitrogens is 3. The topological polar surface area (TPSA) is 98.3 Å². The summed E-state index contributed by atoms with van der Waals surface area (Å²) >= 11 is 0. The van der Waals surface area contributed by atoms with Crippen LogP contribution in [0.1, 0.15) is 15.9 Å². The average molecular weight is 363 g/mol. The number of anilines is 2. The zero-order valence-corrected chi connectivity index (χ0v) is 14.4. The number of nitrogens with one attached hydrogen (secondary N) is 2. The second-order valence-electron chi connectivity index (χ2n) is 5.82. The van der Waals surface area contributed by atoms with Crippen molar-refractivity contribution < 1.29 is 14.3 Å². The molecular weight excluding hydrogens is 346 g/mol. The predicted octanol–water partition coefficient (Wildman–Crippen LogP) is 2.51. The van der Waals surface area contributed by atoms with Crippen LogP contribution < -0.4 is 20.1 Å². The van der Waals surface area contributed by atoms with Crippen LogP contribution in [0.15, 0.2) is 55.1 Å². The number of carbonyl (C=O) groups is 1. The minimum absolute atomic E-state index is 0.300. The Kier molecular flexibility index (Phi) is 4.78. The molecule has 0 radical (unpaired) electrons. The highest BCUT2D eigenvalue weighted by Gasteiger charge is 2.14. The molecular formula is C19H17N5O3. The van der Waals surface area contributed by atoms with Gasteiger partial charge in [-0.2, -0.15) is 0 Å². The van der Waals surface area contributed by atoms with E-state index in [1.807, 2.05) is 12.1 Å². The summed E-state index contributed by atoms with van der Waals surface area (Å²) < 4.78 is 11.0. The first-order valence-electron chi connectivity index (χ1n) is 8.44. The number of amides is 1. The van der Waals surface area contributed by atoms with Crippen LogP contribution in [-0.2, 0) is 6.54 Å². The van der Waals surface area contributed by atoms with Crippen molar-refractivity contribution in [2.45, 2.75) is 6.54 Å². The molecule has 8 nitrogen and oxygen atoms in total. The van der Waals surface area contributed by atoms with E-state index in [9.17, 15) is 4.79 Å². The minimum atomic E-state index is -0.300. The van der Waals surface area contributed by atoms with Gasteiger partial charge in [-0.1, -0.05) is 6.07 Å². The van der Waals surface area contributed by atoms with Crippen LogP contribution in [0.2, 0.25) is 0 Å². The van der Waals surface area contributed by atoms with Gasteiger partial charge in [-0.05, 0) is 23.8 Å². The van der Waals surface area contributed by atoms with Gasteiger partial charge in [0, 0.05) is 43.1 Å². The third-order valence-electron chi connectivity index (χ3n) is 3.89. The molecule has 0 atom stereocenters. The number of rotatable bonds is 5. The Hall–Kier alpha value is -3.68. The number of hydrogen-bond acceptors (Lipinski definition) is 7. The Labute approximate surface area is 155 Å². The fraction of sp³-hybridized carbons (Fsp3) is 0.158. The smallest absolute Gasteiger partial charge is 0.258 e. The third kappa shape index (κ3) is 4.12. The molecule has 1 aliphatic rings. The van der Waals surface area contributed by atoms with E-state index in [1.54, 1.807) is 30.6 Å². The lowest BCUT2D eigenvalue weighted by molar-refractivity contribution is 0.102. The SMILES string of the molecule is O=C(Nc1ccc2c(c1)OCCO2)c1cnc(NCc2cccnc2)nc1. The molecule has 3 heterocycles. The van der Waals surface area contributed by atoms with E-state index in [4.69, 9.17) is 9.47 Å². The second kappa shape index (κ2) is 7.69. The average Bonchev–Trinajstić information content (AvgIpc) is 2.73. The van der Waals surface area contributed by atoms with Crippen molar-refractivity contribution in [1.82, 2.24) is 15.0 Å². The highest BCUT2D eigenvalue weighted by molar-refractivity contribution is 6.04. The van der Waals surface area contributed by atoms with Crippen LogP contribution in [0, 0.1) is 0 Å². The molecule has 2 aromatic heterocycles. The summed E-state index contributed by atoms with van der Waals surface area (Å²) in [6.07, 6.45) is 6.44. The highest BCUT2D eigenvalue weighted by Crippen LogP contribution is 2.32. The molecule has 136 valence electrons. The maximum Gasteiger partial charge on any atom is 0.258 e. The zero-order chi connectivity index (χ0) is 18.5. The Bertz CT molecular complexity index is 932. The van der Waals surface area contributed by atoms with Gasteiger partial charge >= 0.3 is 0 Å². The highest BCUT2D eigenvalue weighted by atomic mass is 16.6. The van der Waals surface area contributed by atoms with Gasteiger partial charge in [0.2, 0.25) is 5.95 Å². The molecule has 1 amide bonds. The van der Waals surface area contributed by atoms with Gasteiger partial charge in [-0.25, -0.2) is 9.97 Å². The molecule has 0 unspecified atom stereocenters. The Balaban J connectivity index is 1.37. The van der Waals surface area contributed by atoms with E-state index in [0.717, 1.165) is 5.56 Å². The van der Waals surface area contributed by atoms with Crippen LogP contribution in [0.5, 0.6) is 11.5 Å². The summed E-state index contributed by atoms with van der Waals surface area (Å²) in [5, 5.41) is 5.89. The standard InChI is InChI=1S/C19H17N5O3/c25-18(24-15-3-4-16-17(8-15)27-7-6-26-16)14-11-22-19(23-12-14)21-10-13-2-1-5-20-9-13/h1-5,8-9,11-12H,6-7,10H2,(H,24,25)(H,21,22,23). The number of nitrogens with zero attached hydrogens (tertiary/aromatic N) is 3. The number of fused-ring (bicyclic) bond motifs is 1. The van der Waals surface area contributed by atoms with Crippen LogP contribution in [0.4, 0.5) is 11.6 Å². The number of carbonyl (C=O) groups excluding carboxylic acids is 1. The first kappa shape index (κ1) is 16.8. The molecule has 1 aliphatic heterocycles. The van der Waals surface area contributed by atoms with E-state index < -0.39 is 0 Å². The van der Waals surface area contributed by atoms with Crippen molar-refractivity contribution in [1.29, 1.82) is 0 Å². The molecule has 2 N–H and O–H groups in total. The van der Waals surface area contributed by atoms with E-state index in [2.05, 4.69) is 25.6 Å². The van der Waals surface area contributed by atoms with Crippen molar-refractivity contribution in [2.24, 2.45) is 0 Å². The first-order valence-corrected chi connectivity index (χ1v) is 8.44. The van der Waals surface area contributed by atoms with Gasteiger partial charge in [-0.3, -0.25) is 9.78 Å². The maximum absolute atomic E-state index is 12.4. The zero-order valence-electron chi connectivity index (χ0n) is 14.4. The summed E-state index contributed by atoms with van der Waals surface area (Å²) in [5.41, 5.74) is 1.99. The van der Waals surface area contributed by atoms with Gasteiger partial charge in [0.1, 0.15) is 13.2 Å². The van der Waals surface area contributed by atoms with Crippen molar-refractivity contribution in [2.75, 3.05) is 23.8 Å². The lowest BCUT2D eigenvalue weighted by Gasteiger charge is -2.19. The van der Waals surface area contributed by atoms with Crippen LogP contribution in [0.25, 0.3) is 0 Å². The fourth-order valence-corrected chi connectivity index (χ4v) is 2.54. The minimum Gasteiger partial charge on any atom is -0.486 e. The van der Waals surface area contributed by atoms with Gasteiger partial charge in [-0.15, -0.1) is 0 Å². The lowest BCUT2D eigenvalue weighted by atomic mass is 10.2. The van der Waals surface area contributed by atoms with Crippen molar-refractivity contribution in [3.8, 4) is 11.5 Å². The number of benzene rings is 1. The molecule has 0 saturated carbocycles. The Morgan fingerprint density at radius 1 is 1.04 bits per heavy atom. The Morgan fingerprint density at radius 2 is 1.85 bits per heavy atom. The summed E-state index contributed by atoms with van der Waals surface area (Å²) in [5.74, 6) is 1.43. The van der Waals surface area contributed by atoms with E-state index >= 15 is 0 Å². The Morgan fingerprint density at radius 3 is 2.63 bits per heavy atom. The number of ether oxygens (including phenoxy) is 2. The molecule has 0 spiro atoms. The van der Waals surface area contributed by atoms with E-state index in [1.165, 1.54) is 12.4 Å². The molecule has 0 saturated heterocycles. The second-order valence-corrected chi connectivity index (χ2v) is 5.82. The molecule has 4 rings (SSSR count). The fourth-order valence-electron chi connectivity index (χ4n) is 2.54. The maximum atomic E-state index is 12.4. The van der Waals surface area contributed by atoms with E-state index in [0.29, 0.717) is 48.5 Å². The van der Waals surface area contributed by atoms with Crippen LogP contribution in [-0.4, -0.2) is 34.1 Å².